The number of rotatable bonds is 3. The van der Waals surface area contributed by atoms with Gasteiger partial charge in [0.1, 0.15) is 0 Å². The van der Waals surface area contributed by atoms with E-state index in [0.29, 0.717) is 6.04 Å². The van der Waals surface area contributed by atoms with Crippen LogP contribution in [-0.4, -0.2) is 30.6 Å². The van der Waals surface area contributed by atoms with Crippen molar-refractivity contribution in [2.45, 2.75) is 51.0 Å². The summed E-state index contributed by atoms with van der Waals surface area (Å²) in [6.45, 7) is 3.74. The second kappa shape index (κ2) is 5.13. The van der Waals surface area contributed by atoms with E-state index in [1.165, 1.54) is 58.0 Å². The van der Waals surface area contributed by atoms with Crippen LogP contribution >= 0.6 is 0 Å². The summed E-state index contributed by atoms with van der Waals surface area (Å²) in [7, 11) is 0. The number of nitrogens with zero attached hydrogens (tertiary/aromatic N) is 1. The molecule has 1 heterocycles. The zero-order chi connectivity index (χ0) is 9.80. The van der Waals surface area contributed by atoms with E-state index in [9.17, 15) is 0 Å². The number of likely N-dealkylation sites (tertiary alicyclic amines) is 1. The molecular weight excluding hydrogens is 172 g/mol. The minimum atomic E-state index is 0.454. The molecule has 2 fully saturated rings. The van der Waals surface area contributed by atoms with Crippen LogP contribution in [0.3, 0.4) is 0 Å². The van der Waals surface area contributed by atoms with Gasteiger partial charge in [0, 0.05) is 12.6 Å². The molecule has 1 aliphatic carbocycles. The molecule has 1 aliphatic heterocycles. The van der Waals surface area contributed by atoms with Crippen LogP contribution in [0.2, 0.25) is 0 Å². The number of hydrogen-bond acceptors (Lipinski definition) is 2. The molecule has 1 saturated heterocycles. The molecule has 14 heavy (non-hydrogen) atoms. The normalized spacial score (nSPS) is 28.1. The van der Waals surface area contributed by atoms with Crippen molar-refractivity contribution in [2.24, 2.45) is 11.7 Å². The highest BCUT2D eigenvalue weighted by Crippen LogP contribution is 2.27. The highest BCUT2D eigenvalue weighted by molar-refractivity contribution is 4.81. The third-order valence-electron chi connectivity index (χ3n) is 3.92. The molecule has 0 radical (unpaired) electrons. The summed E-state index contributed by atoms with van der Waals surface area (Å²) in [5.41, 5.74) is 6.27. The molecule has 0 amide bonds. The molecule has 1 unspecified atom stereocenters. The van der Waals surface area contributed by atoms with Crippen LogP contribution in [0.1, 0.15) is 44.9 Å². The lowest BCUT2D eigenvalue weighted by Crippen LogP contribution is -2.43. The van der Waals surface area contributed by atoms with Crippen LogP contribution in [0.15, 0.2) is 0 Å². The summed E-state index contributed by atoms with van der Waals surface area (Å²) in [4.78, 5) is 2.58. The van der Waals surface area contributed by atoms with Crippen molar-refractivity contribution in [3.63, 3.8) is 0 Å². The summed E-state index contributed by atoms with van der Waals surface area (Å²) in [6.07, 6.45) is 9.80. The smallest absolute Gasteiger partial charge is 0.0196 e. The Labute approximate surface area is 87.8 Å². The lowest BCUT2D eigenvalue weighted by molar-refractivity contribution is 0.197. The van der Waals surface area contributed by atoms with Gasteiger partial charge in [0.15, 0.2) is 0 Å². The van der Waals surface area contributed by atoms with E-state index in [4.69, 9.17) is 5.73 Å². The first-order valence-corrected chi connectivity index (χ1v) is 6.34. The van der Waals surface area contributed by atoms with Gasteiger partial charge in [-0.1, -0.05) is 19.3 Å². The Morgan fingerprint density at radius 2 is 1.64 bits per heavy atom. The van der Waals surface area contributed by atoms with Crippen LogP contribution in [0.4, 0.5) is 0 Å². The SMILES string of the molecule is NC(CN1CCCCC1)C1CCCC1. The summed E-state index contributed by atoms with van der Waals surface area (Å²) >= 11 is 0. The molecule has 0 bridgehead atoms. The maximum atomic E-state index is 6.27. The van der Waals surface area contributed by atoms with Gasteiger partial charge in [-0.05, 0) is 44.7 Å². The highest BCUT2D eigenvalue weighted by Gasteiger charge is 2.24. The maximum absolute atomic E-state index is 6.27. The molecule has 2 nitrogen and oxygen atoms in total. The van der Waals surface area contributed by atoms with Crippen molar-refractivity contribution in [3.8, 4) is 0 Å². The van der Waals surface area contributed by atoms with Crippen molar-refractivity contribution < 1.29 is 0 Å². The van der Waals surface area contributed by atoms with Gasteiger partial charge < -0.3 is 10.6 Å². The van der Waals surface area contributed by atoms with Crippen LogP contribution < -0.4 is 5.73 Å². The lowest BCUT2D eigenvalue weighted by Gasteiger charge is -2.31. The molecule has 0 aromatic carbocycles. The minimum absolute atomic E-state index is 0.454. The van der Waals surface area contributed by atoms with Crippen molar-refractivity contribution in [3.05, 3.63) is 0 Å². The first-order chi connectivity index (χ1) is 6.86. The predicted octanol–water partition coefficient (Wildman–Crippen LogP) is 1.99. The molecule has 2 N–H and O–H groups in total. The Bertz CT molecular complexity index is 158. The predicted molar refractivity (Wildman–Crippen MR) is 60.2 cm³/mol. The second-order valence-corrected chi connectivity index (χ2v) is 5.07. The Balaban J connectivity index is 1.72. The Morgan fingerprint density at radius 1 is 1.00 bits per heavy atom. The van der Waals surface area contributed by atoms with Crippen molar-refractivity contribution in [2.75, 3.05) is 19.6 Å². The van der Waals surface area contributed by atoms with Gasteiger partial charge >= 0.3 is 0 Å². The third-order valence-corrected chi connectivity index (χ3v) is 3.92. The number of piperidine rings is 1. The average Bonchev–Trinajstić information content (AvgIpc) is 2.72. The Kier molecular flexibility index (Phi) is 3.82. The van der Waals surface area contributed by atoms with Crippen LogP contribution in [-0.2, 0) is 0 Å². The van der Waals surface area contributed by atoms with Crippen molar-refractivity contribution in [1.29, 1.82) is 0 Å². The largest absolute Gasteiger partial charge is 0.326 e. The summed E-state index contributed by atoms with van der Waals surface area (Å²) in [5.74, 6) is 0.830. The molecule has 2 aliphatic rings. The molecule has 2 heteroatoms. The third kappa shape index (κ3) is 2.71. The fourth-order valence-corrected chi connectivity index (χ4v) is 2.97. The highest BCUT2D eigenvalue weighted by atomic mass is 15.1. The molecule has 2 rings (SSSR count). The molecule has 82 valence electrons. The van der Waals surface area contributed by atoms with Gasteiger partial charge in [-0.2, -0.15) is 0 Å². The molecular formula is C12H24N2. The fraction of sp³-hybridized carbons (Fsp3) is 1.00. The van der Waals surface area contributed by atoms with Crippen LogP contribution in [0.25, 0.3) is 0 Å². The second-order valence-electron chi connectivity index (χ2n) is 5.07. The van der Waals surface area contributed by atoms with E-state index >= 15 is 0 Å². The molecule has 1 saturated carbocycles. The van der Waals surface area contributed by atoms with Crippen LogP contribution in [0, 0.1) is 5.92 Å². The van der Waals surface area contributed by atoms with E-state index in [-0.39, 0.29) is 0 Å². The van der Waals surface area contributed by atoms with Gasteiger partial charge in [0.05, 0.1) is 0 Å². The van der Waals surface area contributed by atoms with E-state index < -0.39 is 0 Å². The van der Waals surface area contributed by atoms with Crippen molar-refractivity contribution in [1.82, 2.24) is 4.90 Å². The summed E-state index contributed by atoms with van der Waals surface area (Å²) in [5, 5.41) is 0. The minimum Gasteiger partial charge on any atom is -0.326 e. The lowest BCUT2D eigenvalue weighted by atomic mass is 9.98. The van der Waals surface area contributed by atoms with Gasteiger partial charge in [0.25, 0.3) is 0 Å². The van der Waals surface area contributed by atoms with E-state index in [0.717, 1.165) is 12.5 Å². The first kappa shape index (κ1) is 10.4. The summed E-state index contributed by atoms with van der Waals surface area (Å²) < 4.78 is 0. The standard InChI is InChI=1S/C12H24N2/c13-12(11-6-2-3-7-11)10-14-8-4-1-5-9-14/h11-12H,1-10,13H2. The number of nitrogens with two attached hydrogens (primary N) is 1. The molecule has 0 aromatic heterocycles. The molecule has 0 spiro atoms. The van der Waals surface area contributed by atoms with E-state index in [1.54, 1.807) is 0 Å². The monoisotopic (exact) mass is 196 g/mol. The topological polar surface area (TPSA) is 29.3 Å². The summed E-state index contributed by atoms with van der Waals surface area (Å²) in [6, 6.07) is 0.454. The average molecular weight is 196 g/mol. The molecule has 1 atom stereocenters. The zero-order valence-corrected chi connectivity index (χ0v) is 9.25. The van der Waals surface area contributed by atoms with E-state index in [2.05, 4.69) is 4.90 Å². The van der Waals surface area contributed by atoms with E-state index in [1.807, 2.05) is 0 Å². The van der Waals surface area contributed by atoms with Gasteiger partial charge in [-0.3, -0.25) is 0 Å². The Hall–Kier alpha value is -0.0800. The first-order valence-electron chi connectivity index (χ1n) is 6.34. The van der Waals surface area contributed by atoms with Gasteiger partial charge in [-0.15, -0.1) is 0 Å². The van der Waals surface area contributed by atoms with Crippen molar-refractivity contribution >= 4 is 0 Å². The van der Waals surface area contributed by atoms with Gasteiger partial charge in [-0.25, -0.2) is 0 Å². The zero-order valence-electron chi connectivity index (χ0n) is 9.25. The molecule has 0 aromatic rings. The maximum Gasteiger partial charge on any atom is 0.0196 e. The van der Waals surface area contributed by atoms with Gasteiger partial charge in [0.2, 0.25) is 0 Å². The van der Waals surface area contributed by atoms with Crippen LogP contribution in [0.5, 0.6) is 0 Å². The Morgan fingerprint density at radius 3 is 2.29 bits per heavy atom. The fourth-order valence-electron chi connectivity index (χ4n) is 2.97. The quantitative estimate of drug-likeness (QED) is 0.748. The number of hydrogen-bond donors (Lipinski definition) is 1.